The van der Waals surface area contributed by atoms with Crippen molar-refractivity contribution >= 4 is 5.91 Å². The molecule has 17 unspecified atom stereocenters. The predicted octanol–water partition coefficient (Wildman–Crippen LogP) is 4.59. The van der Waals surface area contributed by atoms with Crippen LogP contribution in [0.1, 0.15) is 142 Å². The second kappa shape index (κ2) is 42.5. The van der Waals surface area contributed by atoms with Crippen LogP contribution in [0, 0.1) is 0 Å². The lowest BCUT2D eigenvalue weighted by atomic mass is 9.96. The molecule has 0 radical (unpaired) electrons. The van der Waals surface area contributed by atoms with Crippen LogP contribution in [-0.2, 0) is 33.2 Å². The van der Waals surface area contributed by atoms with Crippen LogP contribution in [0.25, 0.3) is 0 Å². The molecule has 3 rings (SSSR count). The Bertz CT molecular complexity index is 1820. The molecular weight excluding hydrogens is 1020 g/mol. The number of carbonyl (C=O) groups excluding carboxylic acids is 1. The van der Waals surface area contributed by atoms with E-state index in [0.29, 0.717) is 12.8 Å². The fourth-order valence-electron chi connectivity index (χ4n) is 9.08. The van der Waals surface area contributed by atoms with Gasteiger partial charge in [0, 0.05) is 6.42 Å². The third-order valence-corrected chi connectivity index (χ3v) is 13.8. The molecular formula is C60H99NO18. The maximum Gasteiger partial charge on any atom is 0.220 e. The van der Waals surface area contributed by atoms with Crippen LogP contribution in [-0.4, -0.2) is 193 Å². The summed E-state index contributed by atoms with van der Waals surface area (Å²) in [6.45, 7) is 1.45. The molecule has 0 aliphatic carbocycles. The maximum absolute atomic E-state index is 13.3. The molecule has 3 heterocycles. The van der Waals surface area contributed by atoms with Crippen molar-refractivity contribution < 1.29 is 89.4 Å². The summed E-state index contributed by atoms with van der Waals surface area (Å²) in [5.74, 6) is -0.309. The molecule has 0 aromatic carbocycles. The first-order valence-corrected chi connectivity index (χ1v) is 29.0. The van der Waals surface area contributed by atoms with E-state index in [9.17, 15) is 61.0 Å². The summed E-state index contributed by atoms with van der Waals surface area (Å²) >= 11 is 0. The Balaban J connectivity index is 1.49. The van der Waals surface area contributed by atoms with Gasteiger partial charge in [-0.25, -0.2) is 0 Å². The number of ether oxygens (including phenoxy) is 6. The number of carbonyl (C=O) groups is 1. The largest absolute Gasteiger partial charge is 0.394 e. The normalized spacial score (nSPS) is 31.0. The standard InChI is InChI=1S/C60H99NO18/c1-3-5-7-9-11-13-15-16-17-18-19-20-21-22-23-24-25-26-28-30-32-34-36-38-48(66)61-43(44(65)37-35-33-31-29-27-14-12-10-8-6-4-2)42-74-58-54(72)51(69)56(46(40-63)76-58)79-60-55(73)52(70)57(47(41-64)77-60)78-59-53(71)50(68)49(67)45(39-62)75-59/h5,7-8,10-11,13,16-17,19-20,22-23,27,29,35,37,43-47,49-60,62-65,67-73H,3-4,6,9,12,14-15,18,21,24-26,28,30-34,36,38-42H2,1-2H3,(H,61,66)/b7-5-,10-8+,13-11-,17-16-,20-19-,23-22-,29-27+,37-35+. The quantitative estimate of drug-likeness (QED) is 0.0295. The Morgan fingerprint density at radius 1 is 0.468 bits per heavy atom. The van der Waals surface area contributed by atoms with Gasteiger partial charge >= 0.3 is 0 Å². The molecule has 0 saturated carbocycles. The monoisotopic (exact) mass is 1120 g/mol. The average molecular weight is 1120 g/mol. The first kappa shape index (κ1) is 70.0. The Labute approximate surface area is 469 Å². The Morgan fingerprint density at radius 2 is 0.886 bits per heavy atom. The zero-order chi connectivity index (χ0) is 57.6. The molecule has 12 N–H and O–H groups in total. The number of unbranched alkanes of at least 4 members (excludes halogenated alkanes) is 10. The van der Waals surface area contributed by atoms with E-state index in [1.807, 2.05) is 6.08 Å². The number of amides is 1. The minimum atomic E-state index is -1.99. The molecule has 19 nitrogen and oxygen atoms in total. The third-order valence-electron chi connectivity index (χ3n) is 13.8. The second-order valence-corrected chi connectivity index (χ2v) is 20.3. The van der Waals surface area contributed by atoms with E-state index in [1.54, 1.807) is 6.08 Å². The molecule has 3 aliphatic heterocycles. The molecule has 0 aromatic rings. The van der Waals surface area contributed by atoms with Crippen LogP contribution in [0.15, 0.2) is 97.2 Å². The van der Waals surface area contributed by atoms with Gasteiger partial charge in [-0.2, -0.15) is 0 Å². The summed E-state index contributed by atoms with van der Waals surface area (Å²) in [4.78, 5) is 13.3. The van der Waals surface area contributed by atoms with Crippen molar-refractivity contribution in [3.63, 3.8) is 0 Å². The molecule has 17 atom stereocenters. The van der Waals surface area contributed by atoms with Gasteiger partial charge in [0.25, 0.3) is 0 Å². The predicted molar refractivity (Wildman–Crippen MR) is 300 cm³/mol. The number of hydrogen-bond acceptors (Lipinski definition) is 18. The van der Waals surface area contributed by atoms with Crippen molar-refractivity contribution in [2.75, 3.05) is 26.4 Å². The fourth-order valence-corrected chi connectivity index (χ4v) is 9.08. The van der Waals surface area contributed by atoms with Gasteiger partial charge in [-0.1, -0.05) is 150 Å². The smallest absolute Gasteiger partial charge is 0.220 e. The minimum Gasteiger partial charge on any atom is -0.394 e. The lowest BCUT2D eigenvalue weighted by Crippen LogP contribution is -2.66. The fraction of sp³-hybridized carbons (Fsp3) is 0.717. The van der Waals surface area contributed by atoms with E-state index in [4.69, 9.17) is 28.4 Å². The Kier molecular flexibility index (Phi) is 37.7. The van der Waals surface area contributed by atoms with Crippen LogP contribution in [0.2, 0.25) is 0 Å². The second-order valence-electron chi connectivity index (χ2n) is 20.3. The van der Waals surface area contributed by atoms with Crippen molar-refractivity contribution in [2.45, 2.75) is 247 Å². The molecule has 19 heteroatoms. The summed E-state index contributed by atoms with van der Waals surface area (Å²) < 4.78 is 34.1. The van der Waals surface area contributed by atoms with E-state index < -0.39 is 124 Å². The molecule has 79 heavy (non-hydrogen) atoms. The van der Waals surface area contributed by atoms with Crippen molar-refractivity contribution in [2.24, 2.45) is 0 Å². The van der Waals surface area contributed by atoms with Crippen LogP contribution in [0.3, 0.4) is 0 Å². The lowest BCUT2D eigenvalue weighted by molar-refractivity contribution is -0.379. The number of aliphatic hydroxyl groups excluding tert-OH is 11. The molecule has 0 bridgehead atoms. The van der Waals surface area contributed by atoms with Crippen LogP contribution in [0.4, 0.5) is 0 Å². The maximum atomic E-state index is 13.3. The molecule has 452 valence electrons. The summed E-state index contributed by atoms with van der Waals surface area (Å²) in [5, 5.41) is 120. The van der Waals surface area contributed by atoms with Gasteiger partial charge < -0.3 is 89.9 Å². The van der Waals surface area contributed by atoms with Gasteiger partial charge in [0.05, 0.1) is 38.6 Å². The topological polar surface area (TPSA) is 307 Å². The van der Waals surface area contributed by atoms with Crippen LogP contribution >= 0.6 is 0 Å². The van der Waals surface area contributed by atoms with E-state index in [1.165, 1.54) is 0 Å². The number of hydrogen-bond donors (Lipinski definition) is 12. The minimum absolute atomic E-state index is 0.212. The highest BCUT2D eigenvalue weighted by Crippen LogP contribution is 2.33. The molecule has 3 fully saturated rings. The Hall–Kier alpha value is -3.29. The first-order valence-electron chi connectivity index (χ1n) is 29.0. The number of aliphatic hydroxyl groups is 11. The van der Waals surface area contributed by atoms with Crippen molar-refractivity contribution in [1.29, 1.82) is 0 Å². The third kappa shape index (κ3) is 26.7. The zero-order valence-corrected chi connectivity index (χ0v) is 46.8. The highest BCUT2D eigenvalue weighted by atomic mass is 16.8. The molecule has 0 spiro atoms. The summed E-state index contributed by atoms with van der Waals surface area (Å²) in [7, 11) is 0. The summed E-state index contributed by atoms with van der Waals surface area (Å²) in [5.41, 5.74) is 0. The number of nitrogens with one attached hydrogen (secondary N) is 1. The number of rotatable bonds is 40. The van der Waals surface area contributed by atoms with Crippen LogP contribution < -0.4 is 5.32 Å². The van der Waals surface area contributed by atoms with Crippen molar-refractivity contribution in [3.8, 4) is 0 Å². The average Bonchev–Trinajstić information content (AvgIpc) is 3.49. The zero-order valence-electron chi connectivity index (χ0n) is 46.8. The molecule has 3 aliphatic rings. The summed E-state index contributed by atoms with van der Waals surface area (Å²) in [6.07, 6.45) is 25.5. The van der Waals surface area contributed by atoms with E-state index in [2.05, 4.69) is 104 Å². The van der Waals surface area contributed by atoms with E-state index >= 15 is 0 Å². The van der Waals surface area contributed by atoms with Gasteiger partial charge in [0.15, 0.2) is 18.9 Å². The van der Waals surface area contributed by atoms with Crippen molar-refractivity contribution in [3.05, 3.63) is 97.2 Å². The van der Waals surface area contributed by atoms with Gasteiger partial charge in [0.2, 0.25) is 5.91 Å². The van der Waals surface area contributed by atoms with Crippen molar-refractivity contribution in [1.82, 2.24) is 5.32 Å². The van der Waals surface area contributed by atoms with E-state index in [-0.39, 0.29) is 18.9 Å². The highest BCUT2D eigenvalue weighted by molar-refractivity contribution is 5.76. The number of allylic oxidation sites excluding steroid dienone is 15. The lowest BCUT2D eigenvalue weighted by Gasteiger charge is -2.48. The van der Waals surface area contributed by atoms with Crippen LogP contribution in [0.5, 0.6) is 0 Å². The SMILES string of the molecule is CC/C=C\C/C=C\C/C=C\C/C=C\C/C=C\CCCCCCCCCC(=O)NC(COC1OC(CO)C(OC2OC(CO)C(OC3OC(CO)C(O)C(O)C3O)C(O)C2O)C(O)C1O)C(O)/C=C/CC/C=C/CC/C=C/CCC. The van der Waals surface area contributed by atoms with Gasteiger partial charge in [-0.15, -0.1) is 0 Å². The summed E-state index contributed by atoms with van der Waals surface area (Å²) in [6, 6.07) is -1.01. The first-order chi connectivity index (χ1) is 38.3. The molecule has 1 amide bonds. The molecule has 3 saturated heterocycles. The highest BCUT2D eigenvalue weighted by Gasteiger charge is 2.53. The van der Waals surface area contributed by atoms with E-state index in [0.717, 1.165) is 109 Å². The van der Waals surface area contributed by atoms with Gasteiger partial charge in [0.1, 0.15) is 73.2 Å². The van der Waals surface area contributed by atoms with Gasteiger partial charge in [-0.3, -0.25) is 4.79 Å². The Morgan fingerprint density at radius 3 is 1.41 bits per heavy atom. The van der Waals surface area contributed by atoms with Gasteiger partial charge in [-0.05, 0) is 83.5 Å². The molecule has 0 aromatic heterocycles.